The van der Waals surface area contributed by atoms with Crippen LogP contribution < -0.4 is 14.4 Å². The summed E-state index contributed by atoms with van der Waals surface area (Å²) in [7, 11) is 0. The summed E-state index contributed by atoms with van der Waals surface area (Å²) in [5.74, 6) is 0.140. The summed E-state index contributed by atoms with van der Waals surface area (Å²) in [5.41, 5.74) is 1.46. The number of anilines is 1. The first kappa shape index (κ1) is 21.4. The van der Waals surface area contributed by atoms with Crippen LogP contribution in [0.15, 0.2) is 60.0 Å². The average molecular weight is 483 g/mol. The summed E-state index contributed by atoms with van der Waals surface area (Å²) in [6, 6.07) is 16.5. The van der Waals surface area contributed by atoms with Crippen LogP contribution in [0, 0.1) is 0 Å². The molecule has 1 amide bonds. The molecule has 0 spiro atoms. The summed E-state index contributed by atoms with van der Waals surface area (Å²) in [6.07, 6.45) is 0. The fourth-order valence-corrected chi connectivity index (χ4v) is 4.59. The molecular formula is C24H19ClN2O5S. The number of hydrogen-bond donors (Lipinski definition) is 1. The lowest BCUT2D eigenvalue weighted by molar-refractivity contribution is -0.121. The first-order chi connectivity index (χ1) is 16.1. The lowest BCUT2D eigenvalue weighted by atomic mass is 10.2. The second-order valence-electron chi connectivity index (χ2n) is 7.32. The number of para-hydroxylation sites is 1. The quantitative estimate of drug-likeness (QED) is 0.389. The van der Waals surface area contributed by atoms with E-state index in [2.05, 4.69) is 4.98 Å². The van der Waals surface area contributed by atoms with Crippen molar-refractivity contribution in [3.63, 3.8) is 0 Å². The third kappa shape index (κ3) is 4.40. The zero-order valence-corrected chi connectivity index (χ0v) is 18.9. The molecule has 3 heterocycles. The largest absolute Gasteiger partial charge is 0.486 e. The molecule has 168 valence electrons. The monoisotopic (exact) mass is 482 g/mol. The number of H-pyrrole nitrogens is 1. The van der Waals surface area contributed by atoms with Crippen molar-refractivity contribution >= 4 is 51.4 Å². The number of ether oxygens (including phenoxy) is 3. The number of rotatable bonds is 6. The number of hydrogen-bond acceptors (Lipinski definition) is 6. The number of nitrogens with one attached hydrogen (secondary N) is 1. The number of thiophene rings is 1. The van der Waals surface area contributed by atoms with Gasteiger partial charge in [0, 0.05) is 27.5 Å². The van der Waals surface area contributed by atoms with Gasteiger partial charge in [0.05, 0.1) is 11.6 Å². The number of esters is 1. The van der Waals surface area contributed by atoms with Crippen molar-refractivity contribution in [1.29, 1.82) is 0 Å². The molecular weight excluding hydrogens is 464 g/mol. The highest BCUT2D eigenvalue weighted by atomic mass is 35.5. The Labute approximate surface area is 198 Å². The summed E-state index contributed by atoms with van der Waals surface area (Å²) in [4.78, 5) is 31.3. The molecule has 2 aromatic heterocycles. The molecule has 1 N–H and O–H groups in total. The number of fused-ring (bicyclic) bond motifs is 2. The minimum absolute atomic E-state index is 0.120. The topological polar surface area (TPSA) is 80.9 Å². The van der Waals surface area contributed by atoms with Gasteiger partial charge in [0.1, 0.15) is 18.9 Å². The van der Waals surface area contributed by atoms with Crippen LogP contribution in [0.25, 0.3) is 10.9 Å². The van der Waals surface area contributed by atoms with Crippen molar-refractivity contribution in [2.24, 2.45) is 0 Å². The number of carbonyl (C=O) groups is 2. The molecule has 0 atom stereocenters. The number of nitrogens with zero attached hydrogens (tertiary/aromatic N) is 1. The molecule has 0 saturated carbocycles. The summed E-state index contributed by atoms with van der Waals surface area (Å²) < 4.78 is 16.6. The SMILES string of the molecule is O=C(OCC(=O)N(Cc1cccs1)c1ccc2c(c1)OCCO2)c1[nH]c2ccccc2c1Cl. The Kier molecular flexibility index (Phi) is 5.93. The number of aromatic nitrogens is 1. The smallest absolute Gasteiger partial charge is 0.356 e. The van der Waals surface area contributed by atoms with Crippen molar-refractivity contribution in [1.82, 2.24) is 4.98 Å². The van der Waals surface area contributed by atoms with E-state index in [9.17, 15) is 9.59 Å². The van der Waals surface area contributed by atoms with Gasteiger partial charge < -0.3 is 24.1 Å². The first-order valence-electron chi connectivity index (χ1n) is 10.3. The predicted octanol–water partition coefficient (Wildman–Crippen LogP) is 5.04. The minimum atomic E-state index is -0.692. The Morgan fingerprint density at radius 2 is 1.88 bits per heavy atom. The van der Waals surface area contributed by atoms with Crippen molar-refractivity contribution in [2.75, 3.05) is 24.7 Å². The molecule has 9 heteroatoms. The van der Waals surface area contributed by atoms with Gasteiger partial charge in [0.25, 0.3) is 5.91 Å². The summed E-state index contributed by atoms with van der Waals surface area (Å²) >= 11 is 7.87. The Morgan fingerprint density at radius 1 is 1.06 bits per heavy atom. The third-order valence-electron chi connectivity index (χ3n) is 5.21. The molecule has 1 aliphatic heterocycles. The van der Waals surface area contributed by atoms with Crippen molar-refractivity contribution in [3.8, 4) is 11.5 Å². The van der Waals surface area contributed by atoms with Gasteiger partial charge in [-0.25, -0.2) is 4.79 Å². The lowest BCUT2D eigenvalue weighted by Gasteiger charge is -2.25. The fraction of sp³-hybridized carbons (Fsp3) is 0.167. The lowest BCUT2D eigenvalue weighted by Crippen LogP contribution is -2.34. The first-order valence-corrected chi connectivity index (χ1v) is 11.5. The van der Waals surface area contributed by atoms with Crippen LogP contribution in [0.2, 0.25) is 5.02 Å². The van der Waals surface area contributed by atoms with Gasteiger partial charge in [-0.2, -0.15) is 0 Å². The zero-order valence-electron chi connectivity index (χ0n) is 17.4. The molecule has 0 radical (unpaired) electrons. The van der Waals surface area contributed by atoms with Gasteiger partial charge in [-0.1, -0.05) is 35.9 Å². The predicted molar refractivity (Wildman–Crippen MR) is 127 cm³/mol. The van der Waals surface area contributed by atoms with Gasteiger partial charge in [0.15, 0.2) is 18.1 Å². The molecule has 0 fully saturated rings. The molecule has 1 aliphatic rings. The molecule has 33 heavy (non-hydrogen) atoms. The Hall–Kier alpha value is -3.49. The van der Waals surface area contributed by atoms with Crippen molar-refractivity contribution in [3.05, 3.63) is 75.6 Å². The van der Waals surface area contributed by atoms with Crippen LogP contribution in [0.5, 0.6) is 11.5 Å². The molecule has 0 saturated heterocycles. The number of carbonyl (C=O) groups excluding carboxylic acids is 2. The number of aromatic amines is 1. The second kappa shape index (κ2) is 9.17. The van der Waals surface area contributed by atoms with E-state index in [1.807, 2.05) is 35.7 Å². The van der Waals surface area contributed by atoms with Crippen molar-refractivity contribution in [2.45, 2.75) is 6.54 Å². The summed E-state index contributed by atoms with van der Waals surface area (Å²) in [6.45, 7) is 0.819. The Morgan fingerprint density at radius 3 is 2.67 bits per heavy atom. The van der Waals surface area contributed by atoms with Crippen LogP contribution in [-0.4, -0.2) is 36.7 Å². The molecule has 2 aromatic carbocycles. The van der Waals surface area contributed by atoms with Crippen LogP contribution >= 0.6 is 22.9 Å². The van der Waals surface area contributed by atoms with E-state index in [0.717, 1.165) is 10.4 Å². The van der Waals surface area contributed by atoms with Gasteiger partial charge in [0.2, 0.25) is 0 Å². The maximum atomic E-state index is 13.2. The average Bonchev–Trinajstić information content (AvgIpc) is 3.48. The third-order valence-corrected chi connectivity index (χ3v) is 6.46. The van der Waals surface area contributed by atoms with Crippen LogP contribution in [-0.2, 0) is 16.1 Å². The molecule has 0 aliphatic carbocycles. The van der Waals surface area contributed by atoms with Gasteiger partial charge in [-0.15, -0.1) is 11.3 Å². The molecule has 4 aromatic rings. The van der Waals surface area contributed by atoms with E-state index in [1.165, 1.54) is 11.3 Å². The van der Waals surface area contributed by atoms with Crippen LogP contribution in [0.1, 0.15) is 15.4 Å². The molecule has 0 bridgehead atoms. The fourth-order valence-electron chi connectivity index (χ4n) is 3.61. The van der Waals surface area contributed by atoms with Gasteiger partial charge >= 0.3 is 5.97 Å². The number of amides is 1. The van der Waals surface area contributed by atoms with Crippen LogP contribution in [0.3, 0.4) is 0 Å². The second-order valence-corrected chi connectivity index (χ2v) is 8.73. The molecule has 7 nitrogen and oxygen atoms in total. The summed E-state index contributed by atoms with van der Waals surface area (Å²) in [5, 5.41) is 2.93. The number of benzene rings is 2. The normalized spacial score (nSPS) is 12.5. The van der Waals surface area contributed by atoms with Gasteiger partial charge in [-0.05, 0) is 29.6 Å². The van der Waals surface area contributed by atoms with E-state index in [1.54, 1.807) is 29.2 Å². The van der Waals surface area contributed by atoms with E-state index in [0.29, 0.717) is 42.3 Å². The minimum Gasteiger partial charge on any atom is -0.486 e. The molecule has 0 unspecified atom stereocenters. The van der Waals surface area contributed by atoms with Crippen molar-refractivity contribution < 1.29 is 23.8 Å². The van der Waals surface area contributed by atoms with E-state index < -0.39 is 12.6 Å². The van der Waals surface area contributed by atoms with E-state index in [-0.39, 0.29) is 16.6 Å². The molecule has 5 rings (SSSR count). The highest BCUT2D eigenvalue weighted by molar-refractivity contribution is 7.09. The van der Waals surface area contributed by atoms with E-state index >= 15 is 0 Å². The van der Waals surface area contributed by atoms with Crippen LogP contribution in [0.4, 0.5) is 5.69 Å². The standard InChI is InChI=1S/C24H19ClN2O5S/c25-22-17-5-1-2-6-18(17)26-23(22)24(29)32-14-21(28)27(13-16-4-3-11-33-16)15-7-8-19-20(12-15)31-10-9-30-19/h1-8,11-12,26H,9-10,13-14H2. The Balaban J connectivity index is 1.35. The highest BCUT2D eigenvalue weighted by Crippen LogP contribution is 2.35. The number of halogens is 1. The zero-order chi connectivity index (χ0) is 22.8. The maximum Gasteiger partial charge on any atom is 0.356 e. The maximum absolute atomic E-state index is 13.2. The van der Waals surface area contributed by atoms with E-state index in [4.69, 9.17) is 25.8 Å². The Bertz CT molecular complexity index is 1320. The highest BCUT2D eigenvalue weighted by Gasteiger charge is 2.23. The van der Waals surface area contributed by atoms with Gasteiger partial charge in [-0.3, -0.25) is 4.79 Å².